The van der Waals surface area contributed by atoms with Crippen LogP contribution >= 0.6 is 11.8 Å². The molecule has 2 N–H and O–H groups in total. The van der Waals surface area contributed by atoms with Crippen molar-refractivity contribution in [1.29, 1.82) is 0 Å². The third-order valence-corrected chi connectivity index (χ3v) is 7.78. The molecular weight excluding hydrogens is 386 g/mol. The van der Waals surface area contributed by atoms with Gasteiger partial charge in [-0.05, 0) is 45.2 Å². The van der Waals surface area contributed by atoms with Gasteiger partial charge in [-0.15, -0.1) is 11.8 Å². The smallest absolute Gasteiger partial charge is 0.256 e. The van der Waals surface area contributed by atoms with Crippen LogP contribution in [0.15, 0.2) is 24.3 Å². The summed E-state index contributed by atoms with van der Waals surface area (Å²) in [6, 6.07) is 6.50. The van der Waals surface area contributed by atoms with E-state index in [4.69, 9.17) is 0 Å². The Kier molecular flexibility index (Phi) is 5.36. The molecule has 1 aliphatic carbocycles. The summed E-state index contributed by atoms with van der Waals surface area (Å²) in [5, 5.41) is 5.78. The first-order chi connectivity index (χ1) is 13.8. The van der Waals surface area contributed by atoms with Crippen molar-refractivity contribution < 1.29 is 14.4 Å². The molecule has 0 bridgehead atoms. The van der Waals surface area contributed by atoms with E-state index >= 15 is 0 Å². The lowest BCUT2D eigenvalue weighted by Gasteiger charge is -2.31. The van der Waals surface area contributed by atoms with Crippen molar-refractivity contribution >= 4 is 29.5 Å². The van der Waals surface area contributed by atoms with Gasteiger partial charge in [-0.3, -0.25) is 14.4 Å². The first-order valence-corrected chi connectivity index (χ1v) is 11.4. The van der Waals surface area contributed by atoms with Gasteiger partial charge in [-0.1, -0.05) is 37.5 Å². The molecule has 0 spiro atoms. The Bertz CT molecular complexity index is 834. The normalized spacial score (nSPS) is 26.6. The molecule has 7 heteroatoms. The summed E-state index contributed by atoms with van der Waals surface area (Å²) in [6.45, 7) is 5.69. The van der Waals surface area contributed by atoms with Gasteiger partial charge in [0.15, 0.2) is 0 Å². The zero-order valence-electron chi connectivity index (χ0n) is 17.2. The summed E-state index contributed by atoms with van der Waals surface area (Å²) in [5.74, 6) is -0.526. The summed E-state index contributed by atoms with van der Waals surface area (Å²) >= 11 is 1.63. The summed E-state index contributed by atoms with van der Waals surface area (Å²) in [6.07, 6.45) is 5.50. The molecule has 2 heterocycles. The predicted octanol–water partition coefficient (Wildman–Crippen LogP) is 2.99. The van der Waals surface area contributed by atoms with E-state index in [1.54, 1.807) is 23.6 Å². The number of thioether (sulfide) groups is 1. The molecule has 3 atom stereocenters. The van der Waals surface area contributed by atoms with Gasteiger partial charge in [0.1, 0.15) is 17.5 Å². The minimum Gasteiger partial charge on any atom is -0.352 e. The Morgan fingerprint density at radius 1 is 1.17 bits per heavy atom. The lowest BCUT2D eigenvalue weighted by atomic mass is 9.95. The molecule has 3 aliphatic rings. The number of benzene rings is 1. The third-order valence-electron chi connectivity index (χ3n) is 6.25. The van der Waals surface area contributed by atoms with Gasteiger partial charge in [0, 0.05) is 16.4 Å². The van der Waals surface area contributed by atoms with Crippen LogP contribution in [0.3, 0.4) is 0 Å². The second-order valence-electron chi connectivity index (χ2n) is 8.85. The van der Waals surface area contributed by atoms with Gasteiger partial charge in [0.2, 0.25) is 11.8 Å². The van der Waals surface area contributed by atoms with Crippen molar-refractivity contribution in [3.05, 3.63) is 35.4 Å². The number of nitrogens with one attached hydrogen (secondary N) is 2. The van der Waals surface area contributed by atoms with Crippen molar-refractivity contribution in [2.45, 2.75) is 81.1 Å². The highest BCUT2D eigenvalue weighted by molar-refractivity contribution is 8.01. The average molecular weight is 416 g/mol. The molecule has 0 unspecified atom stereocenters. The summed E-state index contributed by atoms with van der Waals surface area (Å²) in [5.41, 5.74) is 1.63. The van der Waals surface area contributed by atoms with Gasteiger partial charge in [-0.25, -0.2) is 0 Å². The molecule has 1 saturated heterocycles. The minimum atomic E-state index is -0.635. The van der Waals surface area contributed by atoms with Gasteiger partial charge < -0.3 is 15.5 Å². The van der Waals surface area contributed by atoms with Crippen LogP contribution in [0.25, 0.3) is 0 Å². The lowest BCUT2D eigenvalue weighted by Crippen LogP contribution is -2.57. The van der Waals surface area contributed by atoms with E-state index in [-0.39, 0.29) is 29.1 Å². The largest absolute Gasteiger partial charge is 0.352 e. The highest BCUT2D eigenvalue weighted by Gasteiger charge is 2.57. The molecular formula is C22H29N3O3S. The van der Waals surface area contributed by atoms with Crippen LogP contribution in [0.1, 0.15) is 74.2 Å². The summed E-state index contributed by atoms with van der Waals surface area (Å²) < 4.78 is -0.447. The number of amides is 3. The summed E-state index contributed by atoms with van der Waals surface area (Å²) in [7, 11) is 0. The Morgan fingerprint density at radius 3 is 2.59 bits per heavy atom. The molecule has 1 aromatic rings. The Labute approximate surface area is 176 Å². The molecule has 0 radical (unpaired) electrons. The van der Waals surface area contributed by atoms with E-state index < -0.39 is 16.8 Å². The molecule has 0 aromatic heterocycles. The number of hydrogen-bond donors (Lipinski definition) is 2. The van der Waals surface area contributed by atoms with E-state index in [2.05, 4.69) is 10.6 Å². The van der Waals surface area contributed by atoms with Crippen LogP contribution in [-0.4, -0.2) is 45.5 Å². The van der Waals surface area contributed by atoms with Crippen molar-refractivity contribution in [3.63, 3.8) is 0 Å². The first kappa shape index (κ1) is 20.3. The maximum atomic E-state index is 13.2. The third kappa shape index (κ3) is 3.65. The Morgan fingerprint density at radius 2 is 1.86 bits per heavy atom. The fraction of sp³-hybridized carbons (Fsp3) is 0.591. The number of fused-ring (bicyclic) bond motifs is 3. The van der Waals surface area contributed by atoms with E-state index in [0.29, 0.717) is 5.56 Å². The predicted molar refractivity (Wildman–Crippen MR) is 113 cm³/mol. The van der Waals surface area contributed by atoms with Crippen LogP contribution in [0.4, 0.5) is 0 Å². The zero-order chi connectivity index (χ0) is 20.8. The number of carbonyl (C=O) groups is 3. The maximum Gasteiger partial charge on any atom is 0.256 e. The van der Waals surface area contributed by atoms with Gasteiger partial charge in [0.25, 0.3) is 5.91 Å². The standard InChI is InChI=1S/C22H29N3O3S/c1-13(18(26)24-14-9-5-4-6-10-14)23-19(27)17-22(2,3)29-21-16-12-8-7-11-15(16)20(28)25(17)21/h7-8,11-14,17,21H,4-6,9-10H2,1-3H3,(H,23,27)(H,24,26)/t13-,17+,21+/m0/s1. The van der Waals surface area contributed by atoms with Crippen molar-refractivity contribution in [2.24, 2.45) is 0 Å². The second kappa shape index (κ2) is 7.67. The molecule has 2 aliphatic heterocycles. The molecule has 1 saturated carbocycles. The SMILES string of the molecule is C[C@H](NC(=O)[C@H]1N2C(=O)c3ccccc3[C@H]2SC1(C)C)C(=O)NC1CCCCC1. The Hall–Kier alpha value is -2.02. The molecule has 6 nitrogen and oxygen atoms in total. The number of nitrogens with zero attached hydrogens (tertiary/aromatic N) is 1. The van der Waals surface area contributed by atoms with Crippen LogP contribution in [0, 0.1) is 0 Å². The quantitative estimate of drug-likeness (QED) is 0.792. The van der Waals surface area contributed by atoms with Crippen molar-refractivity contribution in [3.8, 4) is 0 Å². The van der Waals surface area contributed by atoms with Crippen LogP contribution < -0.4 is 10.6 Å². The fourth-order valence-corrected chi connectivity index (χ4v) is 6.32. The topological polar surface area (TPSA) is 78.5 Å². The van der Waals surface area contributed by atoms with E-state index in [9.17, 15) is 14.4 Å². The van der Waals surface area contributed by atoms with Crippen LogP contribution in [0.5, 0.6) is 0 Å². The molecule has 1 aromatic carbocycles. The van der Waals surface area contributed by atoms with Crippen LogP contribution in [0.2, 0.25) is 0 Å². The second-order valence-corrected chi connectivity index (χ2v) is 10.6. The fourth-order valence-electron chi connectivity index (χ4n) is 4.74. The molecule has 4 rings (SSSR count). The van der Waals surface area contributed by atoms with E-state index in [1.807, 2.05) is 38.1 Å². The van der Waals surface area contributed by atoms with E-state index in [1.165, 1.54) is 6.42 Å². The molecule has 3 amide bonds. The van der Waals surface area contributed by atoms with Crippen molar-refractivity contribution in [1.82, 2.24) is 15.5 Å². The van der Waals surface area contributed by atoms with Gasteiger partial charge >= 0.3 is 0 Å². The van der Waals surface area contributed by atoms with Crippen LogP contribution in [-0.2, 0) is 9.59 Å². The van der Waals surface area contributed by atoms with E-state index in [0.717, 1.165) is 31.2 Å². The van der Waals surface area contributed by atoms with Gasteiger partial charge in [-0.2, -0.15) is 0 Å². The Balaban J connectivity index is 1.46. The molecule has 156 valence electrons. The zero-order valence-corrected chi connectivity index (χ0v) is 18.1. The number of rotatable bonds is 4. The molecule has 2 fully saturated rings. The monoisotopic (exact) mass is 415 g/mol. The number of hydrogen-bond acceptors (Lipinski definition) is 4. The lowest BCUT2D eigenvalue weighted by molar-refractivity contribution is -0.131. The maximum absolute atomic E-state index is 13.2. The molecule has 29 heavy (non-hydrogen) atoms. The summed E-state index contributed by atoms with van der Waals surface area (Å²) in [4.78, 5) is 40.5. The average Bonchev–Trinajstić information content (AvgIpc) is 3.12. The highest BCUT2D eigenvalue weighted by Crippen LogP contribution is 2.56. The van der Waals surface area contributed by atoms with Gasteiger partial charge in [0.05, 0.1) is 0 Å². The van der Waals surface area contributed by atoms with Crippen molar-refractivity contribution in [2.75, 3.05) is 0 Å². The minimum absolute atomic E-state index is 0.108. The highest BCUT2D eigenvalue weighted by atomic mass is 32.2. The first-order valence-electron chi connectivity index (χ1n) is 10.5. The number of carbonyl (C=O) groups excluding carboxylic acids is 3.